The van der Waals surface area contributed by atoms with Crippen LogP contribution in [0.5, 0.6) is 0 Å². The molecule has 0 atom stereocenters. The van der Waals surface area contributed by atoms with Gasteiger partial charge >= 0.3 is 18.0 Å². The van der Waals surface area contributed by atoms with Gasteiger partial charge in [-0.2, -0.15) is 18.4 Å². The van der Waals surface area contributed by atoms with Crippen LogP contribution in [0.1, 0.15) is 16.7 Å². The number of carbonyl (C=O) groups excluding carboxylic acids is 1. The predicted octanol–water partition coefficient (Wildman–Crippen LogP) is 2.51. The number of hydrogen-bond acceptors (Lipinski definition) is 7. The van der Waals surface area contributed by atoms with E-state index in [4.69, 9.17) is 4.74 Å². The highest BCUT2D eigenvalue weighted by Crippen LogP contribution is 2.33. The second-order valence-electron chi connectivity index (χ2n) is 8.19. The highest BCUT2D eigenvalue weighted by atomic mass is 19.4. The fourth-order valence-corrected chi connectivity index (χ4v) is 4.11. The summed E-state index contributed by atoms with van der Waals surface area (Å²) in [7, 11) is 0. The number of aromatic nitrogens is 6. The van der Waals surface area contributed by atoms with Gasteiger partial charge in [0.05, 0.1) is 24.3 Å². The molecule has 1 amide bonds. The minimum absolute atomic E-state index is 0.0924. The van der Waals surface area contributed by atoms with Crippen molar-refractivity contribution in [3.63, 3.8) is 0 Å². The summed E-state index contributed by atoms with van der Waals surface area (Å²) < 4.78 is 47.2. The number of benzene rings is 2. The summed E-state index contributed by atoms with van der Waals surface area (Å²) in [4.78, 5) is 40.0. The molecular formula is C23H18F3N7O4. The maximum absolute atomic E-state index is 13.5. The van der Waals surface area contributed by atoms with Gasteiger partial charge in [-0.25, -0.2) is 9.59 Å². The van der Waals surface area contributed by atoms with E-state index in [-0.39, 0.29) is 29.1 Å². The average molecular weight is 513 g/mol. The Morgan fingerprint density at radius 2 is 1.78 bits per heavy atom. The first kappa shape index (κ1) is 24.0. The van der Waals surface area contributed by atoms with Crippen molar-refractivity contribution in [2.75, 3.05) is 18.1 Å². The van der Waals surface area contributed by atoms with Gasteiger partial charge in [0, 0.05) is 11.9 Å². The van der Waals surface area contributed by atoms with Gasteiger partial charge in [0.25, 0.3) is 5.56 Å². The van der Waals surface area contributed by atoms with E-state index in [1.165, 1.54) is 30.2 Å². The van der Waals surface area contributed by atoms with E-state index in [0.29, 0.717) is 17.9 Å². The molecule has 5 rings (SSSR count). The number of nitrogens with zero attached hydrogens (tertiary/aromatic N) is 6. The lowest BCUT2D eigenvalue weighted by atomic mass is 10.0. The Kier molecular flexibility index (Phi) is 5.85. The number of nitrogens with one attached hydrogen (secondary N) is 1. The first-order chi connectivity index (χ1) is 17.6. The SMILES string of the molecule is Cc1c(Cn2c(=O)c(-c3nn[nH]n3)cn(-c3ccc(N4CCOC4=O)cc3)c2=O)cccc1C(F)(F)F. The number of tetrazole rings is 1. The van der Waals surface area contributed by atoms with Gasteiger partial charge in [-0.05, 0) is 53.6 Å². The molecule has 1 aliphatic heterocycles. The Balaban J connectivity index is 1.63. The molecule has 0 bridgehead atoms. The molecule has 3 heterocycles. The number of rotatable bonds is 5. The van der Waals surface area contributed by atoms with E-state index in [2.05, 4.69) is 20.6 Å². The number of halogens is 3. The number of alkyl halides is 3. The molecule has 37 heavy (non-hydrogen) atoms. The van der Waals surface area contributed by atoms with E-state index in [0.717, 1.165) is 15.2 Å². The zero-order chi connectivity index (χ0) is 26.3. The third-order valence-electron chi connectivity index (χ3n) is 6.04. The zero-order valence-electron chi connectivity index (χ0n) is 19.2. The van der Waals surface area contributed by atoms with E-state index in [1.54, 1.807) is 24.3 Å². The van der Waals surface area contributed by atoms with Crippen LogP contribution in [-0.4, -0.2) is 49.0 Å². The number of ether oxygens (including phenoxy) is 1. The van der Waals surface area contributed by atoms with Gasteiger partial charge in [-0.15, -0.1) is 10.2 Å². The van der Waals surface area contributed by atoms with Crippen molar-refractivity contribution in [3.05, 3.63) is 86.2 Å². The Bertz CT molecular complexity index is 1590. The van der Waals surface area contributed by atoms with E-state index in [9.17, 15) is 27.6 Å². The Morgan fingerprint density at radius 1 is 1.05 bits per heavy atom. The monoisotopic (exact) mass is 513 g/mol. The summed E-state index contributed by atoms with van der Waals surface area (Å²) in [5, 5.41) is 13.3. The second kappa shape index (κ2) is 9.04. The van der Waals surface area contributed by atoms with Gasteiger partial charge in [-0.3, -0.25) is 18.8 Å². The van der Waals surface area contributed by atoms with Crippen molar-refractivity contribution in [1.29, 1.82) is 0 Å². The van der Waals surface area contributed by atoms with Gasteiger partial charge in [0.2, 0.25) is 5.82 Å². The van der Waals surface area contributed by atoms with Crippen LogP contribution in [0.3, 0.4) is 0 Å². The van der Waals surface area contributed by atoms with Crippen molar-refractivity contribution in [3.8, 4) is 17.1 Å². The zero-order valence-corrected chi connectivity index (χ0v) is 19.2. The van der Waals surface area contributed by atoms with Crippen molar-refractivity contribution in [1.82, 2.24) is 29.8 Å². The van der Waals surface area contributed by atoms with Crippen molar-refractivity contribution < 1.29 is 22.7 Å². The normalized spacial score (nSPS) is 13.7. The lowest BCUT2D eigenvalue weighted by Crippen LogP contribution is -2.40. The quantitative estimate of drug-likeness (QED) is 0.434. The van der Waals surface area contributed by atoms with Crippen LogP contribution in [0, 0.1) is 6.92 Å². The molecular weight excluding hydrogens is 495 g/mol. The summed E-state index contributed by atoms with van der Waals surface area (Å²) >= 11 is 0. The predicted molar refractivity (Wildman–Crippen MR) is 123 cm³/mol. The lowest BCUT2D eigenvalue weighted by molar-refractivity contribution is -0.138. The molecule has 0 aliphatic carbocycles. The fraction of sp³-hybridized carbons (Fsp3) is 0.217. The van der Waals surface area contributed by atoms with Gasteiger partial charge in [0.15, 0.2) is 0 Å². The standard InChI is InChI=1S/C23H18F3N7O4/c1-13-14(3-2-4-18(13)23(24,25)26)11-33-20(34)17(19-27-29-30-28-19)12-32(21(33)35)16-7-5-15(6-8-16)31-9-10-37-22(31)36/h2-8,12H,9-11H2,1H3,(H,27,28,29,30). The Hall–Kier alpha value is -4.75. The molecule has 0 radical (unpaired) electrons. The van der Waals surface area contributed by atoms with Gasteiger partial charge < -0.3 is 4.74 Å². The molecule has 2 aromatic heterocycles. The minimum Gasteiger partial charge on any atom is -0.447 e. The molecule has 0 saturated carbocycles. The summed E-state index contributed by atoms with van der Waals surface area (Å²) in [6.45, 7) is 1.50. The third kappa shape index (κ3) is 4.37. The number of cyclic esters (lactones) is 1. The molecule has 1 saturated heterocycles. The van der Waals surface area contributed by atoms with Crippen molar-refractivity contribution in [2.24, 2.45) is 0 Å². The molecule has 14 heteroatoms. The summed E-state index contributed by atoms with van der Waals surface area (Å²) in [6.07, 6.45) is -3.85. The number of H-pyrrole nitrogens is 1. The maximum atomic E-state index is 13.5. The lowest BCUT2D eigenvalue weighted by Gasteiger charge is -2.17. The minimum atomic E-state index is -4.60. The van der Waals surface area contributed by atoms with Crippen LogP contribution in [0.2, 0.25) is 0 Å². The molecule has 2 aromatic carbocycles. The number of carbonyl (C=O) groups is 1. The number of anilines is 1. The number of amides is 1. The van der Waals surface area contributed by atoms with Gasteiger partial charge in [-0.1, -0.05) is 12.1 Å². The number of aromatic amines is 1. The molecule has 1 fully saturated rings. The first-order valence-electron chi connectivity index (χ1n) is 11.0. The van der Waals surface area contributed by atoms with Crippen molar-refractivity contribution >= 4 is 11.8 Å². The molecule has 190 valence electrons. The van der Waals surface area contributed by atoms with Crippen molar-refractivity contribution in [2.45, 2.75) is 19.6 Å². The smallest absolute Gasteiger partial charge is 0.416 e. The Morgan fingerprint density at radius 3 is 2.41 bits per heavy atom. The summed E-state index contributed by atoms with van der Waals surface area (Å²) in [5.41, 5.74) is -1.60. The second-order valence-corrected chi connectivity index (χ2v) is 8.19. The molecule has 4 aromatic rings. The Labute approximate surface area is 205 Å². The number of hydrogen-bond donors (Lipinski definition) is 1. The average Bonchev–Trinajstić information content (AvgIpc) is 3.54. The molecule has 11 nitrogen and oxygen atoms in total. The summed E-state index contributed by atoms with van der Waals surface area (Å²) in [6, 6.07) is 9.92. The van der Waals surface area contributed by atoms with Gasteiger partial charge in [0.1, 0.15) is 12.2 Å². The van der Waals surface area contributed by atoms with Crippen LogP contribution < -0.4 is 16.1 Å². The first-order valence-corrected chi connectivity index (χ1v) is 11.0. The maximum Gasteiger partial charge on any atom is 0.416 e. The molecule has 0 unspecified atom stereocenters. The largest absolute Gasteiger partial charge is 0.447 e. The topological polar surface area (TPSA) is 128 Å². The molecule has 0 spiro atoms. The third-order valence-corrected chi connectivity index (χ3v) is 6.04. The van der Waals surface area contributed by atoms with E-state index in [1.807, 2.05) is 0 Å². The van der Waals surface area contributed by atoms with Crippen LogP contribution in [0.15, 0.2) is 58.3 Å². The highest BCUT2D eigenvalue weighted by Gasteiger charge is 2.33. The molecule has 1 N–H and O–H groups in total. The fourth-order valence-electron chi connectivity index (χ4n) is 4.11. The van der Waals surface area contributed by atoms with Crippen LogP contribution in [-0.2, 0) is 17.5 Å². The molecule has 1 aliphatic rings. The summed E-state index contributed by atoms with van der Waals surface area (Å²) in [5.74, 6) is -0.0929. The van der Waals surface area contributed by atoms with Crippen LogP contribution in [0.4, 0.5) is 23.7 Å². The van der Waals surface area contributed by atoms with Crippen LogP contribution in [0.25, 0.3) is 17.1 Å². The van der Waals surface area contributed by atoms with E-state index >= 15 is 0 Å². The van der Waals surface area contributed by atoms with Crippen LogP contribution >= 0.6 is 0 Å². The van der Waals surface area contributed by atoms with E-state index < -0.39 is 35.6 Å². The highest BCUT2D eigenvalue weighted by molar-refractivity contribution is 5.89.